The molecule has 1 aromatic carbocycles. The molecule has 0 atom stereocenters. The third-order valence-electron chi connectivity index (χ3n) is 2.87. The quantitative estimate of drug-likeness (QED) is 0.762. The Hall–Kier alpha value is -0.840. The van der Waals surface area contributed by atoms with Crippen molar-refractivity contribution in [2.45, 2.75) is 32.7 Å². The van der Waals surface area contributed by atoms with Crippen LogP contribution in [0.2, 0.25) is 5.02 Å². The standard InChI is InChI=1S/C15H18BrClN2O/c1-10(2)18-7-3-4-15-19-9-14(20-15)12-6-5-11(17)8-13(12)16/h5-6,8-10,18H,3-4,7H2,1-2H3. The number of nitrogens with one attached hydrogen (secondary N) is 1. The van der Waals surface area contributed by atoms with Crippen LogP contribution < -0.4 is 5.32 Å². The number of nitrogens with zero attached hydrogens (tertiary/aromatic N) is 1. The molecule has 2 aromatic rings. The van der Waals surface area contributed by atoms with Gasteiger partial charge in [0.25, 0.3) is 0 Å². The molecule has 0 unspecified atom stereocenters. The Bertz CT molecular complexity index is 569. The summed E-state index contributed by atoms with van der Waals surface area (Å²) in [5.74, 6) is 1.53. The van der Waals surface area contributed by atoms with Crippen LogP contribution >= 0.6 is 27.5 Å². The molecule has 0 saturated heterocycles. The van der Waals surface area contributed by atoms with Crippen LogP contribution in [-0.4, -0.2) is 17.6 Å². The van der Waals surface area contributed by atoms with Crippen LogP contribution in [0.4, 0.5) is 0 Å². The van der Waals surface area contributed by atoms with E-state index in [0.717, 1.165) is 41.1 Å². The first-order valence-corrected chi connectivity index (χ1v) is 7.87. The van der Waals surface area contributed by atoms with Gasteiger partial charge in [-0.3, -0.25) is 0 Å². The summed E-state index contributed by atoms with van der Waals surface area (Å²) in [6, 6.07) is 6.14. The number of halogens is 2. The van der Waals surface area contributed by atoms with E-state index in [9.17, 15) is 0 Å². The fourth-order valence-corrected chi connectivity index (χ4v) is 2.75. The number of rotatable bonds is 6. The zero-order valence-corrected chi connectivity index (χ0v) is 14.0. The van der Waals surface area contributed by atoms with Gasteiger partial charge in [-0.2, -0.15) is 0 Å². The number of oxazole rings is 1. The zero-order chi connectivity index (χ0) is 14.5. The van der Waals surface area contributed by atoms with Crippen molar-refractivity contribution in [3.05, 3.63) is 39.8 Å². The van der Waals surface area contributed by atoms with Crippen molar-refractivity contribution in [3.8, 4) is 11.3 Å². The van der Waals surface area contributed by atoms with Gasteiger partial charge in [-0.15, -0.1) is 0 Å². The molecule has 0 radical (unpaired) electrons. The van der Waals surface area contributed by atoms with Crippen LogP contribution in [0, 0.1) is 0 Å². The maximum atomic E-state index is 5.94. The van der Waals surface area contributed by atoms with Gasteiger partial charge in [0.15, 0.2) is 11.7 Å². The molecule has 2 rings (SSSR count). The second-order valence-electron chi connectivity index (χ2n) is 4.95. The molecule has 5 heteroatoms. The summed E-state index contributed by atoms with van der Waals surface area (Å²) < 4.78 is 6.70. The van der Waals surface area contributed by atoms with Crippen LogP contribution in [0.25, 0.3) is 11.3 Å². The molecule has 0 amide bonds. The lowest BCUT2D eigenvalue weighted by atomic mass is 10.2. The number of aryl methyl sites for hydroxylation is 1. The molecule has 0 saturated carbocycles. The van der Waals surface area contributed by atoms with E-state index in [1.807, 2.05) is 18.2 Å². The Balaban J connectivity index is 1.98. The topological polar surface area (TPSA) is 38.1 Å². The van der Waals surface area contributed by atoms with Gasteiger partial charge in [0.1, 0.15) is 0 Å². The van der Waals surface area contributed by atoms with Gasteiger partial charge in [0, 0.05) is 27.5 Å². The number of aromatic nitrogens is 1. The van der Waals surface area contributed by atoms with Gasteiger partial charge in [-0.25, -0.2) is 4.98 Å². The van der Waals surface area contributed by atoms with E-state index < -0.39 is 0 Å². The maximum absolute atomic E-state index is 5.94. The molecule has 0 bridgehead atoms. The van der Waals surface area contributed by atoms with Gasteiger partial charge in [-0.05, 0) is 47.1 Å². The monoisotopic (exact) mass is 356 g/mol. The molecule has 1 N–H and O–H groups in total. The summed E-state index contributed by atoms with van der Waals surface area (Å²) >= 11 is 9.43. The zero-order valence-electron chi connectivity index (χ0n) is 11.6. The Morgan fingerprint density at radius 2 is 2.20 bits per heavy atom. The van der Waals surface area contributed by atoms with Crippen molar-refractivity contribution in [1.29, 1.82) is 0 Å². The largest absolute Gasteiger partial charge is 0.441 e. The highest BCUT2D eigenvalue weighted by atomic mass is 79.9. The van der Waals surface area contributed by atoms with Crippen LogP contribution in [0.1, 0.15) is 26.2 Å². The second-order valence-corrected chi connectivity index (χ2v) is 6.25. The van der Waals surface area contributed by atoms with Gasteiger partial charge >= 0.3 is 0 Å². The third kappa shape index (κ3) is 4.33. The Morgan fingerprint density at radius 3 is 2.90 bits per heavy atom. The molecule has 1 aromatic heterocycles. The molecule has 0 fully saturated rings. The molecule has 0 aliphatic rings. The lowest BCUT2D eigenvalue weighted by Crippen LogP contribution is -2.23. The average molecular weight is 358 g/mol. The lowest BCUT2D eigenvalue weighted by molar-refractivity contribution is 0.484. The Morgan fingerprint density at radius 1 is 1.40 bits per heavy atom. The van der Waals surface area contributed by atoms with E-state index in [0.29, 0.717) is 11.1 Å². The summed E-state index contributed by atoms with van der Waals surface area (Å²) in [7, 11) is 0. The first-order chi connectivity index (χ1) is 9.56. The van der Waals surface area contributed by atoms with Crippen molar-refractivity contribution in [1.82, 2.24) is 10.3 Å². The highest BCUT2D eigenvalue weighted by Gasteiger charge is 2.10. The molecule has 3 nitrogen and oxygen atoms in total. The molecule has 20 heavy (non-hydrogen) atoms. The molecule has 0 aliphatic heterocycles. The fourth-order valence-electron chi connectivity index (χ4n) is 1.87. The van der Waals surface area contributed by atoms with E-state index in [1.165, 1.54) is 0 Å². The van der Waals surface area contributed by atoms with Crippen LogP contribution in [-0.2, 0) is 6.42 Å². The SMILES string of the molecule is CC(C)NCCCc1ncc(-c2ccc(Cl)cc2Br)o1. The van der Waals surface area contributed by atoms with Gasteiger partial charge in [0.2, 0.25) is 0 Å². The summed E-state index contributed by atoms with van der Waals surface area (Å²) in [6.45, 7) is 5.25. The van der Waals surface area contributed by atoms with E-state index in [1.54, 1.807) is 6.20 Å². The first-order valence-electron chi connectivity index (χ1n) is 6.70. The van der Waals surface area contributed by atoms with Crippen LogP contribution in [0.15, 0.2) is 33.3 Å². The predicted octanol–water partition coefficient (Wildman–Crippen LogP) is 4.69. The highest BCUT2D eigenvalue weighted by molar-refractivity contribution is 9.10. The van der Waals surface area contributed by atoms with E-state index >= 15 is 0 Å². The summed E-state index contributed by atoms with van der Waals surface area (Å²) in [4.78, 5) is 4.32. The lowest BCUT2D eigenvalue weighted by Gasteiger charge is -2.06. The second kappa shape index (κ2) is 7.25. The van der Waals surface area contributed by atoms with Crippen molar-refractivity contribution < 1.29 is 4.42 Å². The molecule has 0 aliphatic carbocycles. The van der Waals surface area contributed by atoms with Crippen molar-refractivity contribution in [3.63, 3.8) is 0 Å². The Kier molecular flexibility index (Phi) is 5.64. The number of hydrogen-bond acceptors (Lipinski definition) is 3. The number of hydrogen-bond donors (Lipinski definition) is 1. The van der Waals surface area contributed by atoms with Crippen LogP contribution in [0.5, 0.6) is 0 Å². The Labute approximate surface area is 132 Å². The molecular formula is C15H18BrClN2O. The normalized spacial score (nSPS) is 11.2. The molecule has 108 valence electrons. The predicted molar refractivity (Wildman–Crippen MR) is 86.1 cm³/mol. The third-order valence-corrected chi connectivity index (χ3v) is 3.76. The fraction of sp³-hybridized carbons (Fsp3) is 0.400. The molecule has 1 heterocycles. The minimum Gasteiger partial charge on any atom is -0.441 e. The van der Waals surface area contributed by atoms with E-state index in [2.05, 4.69) is 40.1 Å². The van der Waals surface area contributed by atoms with Crippen molar-refractivity contribution >= 4 is 27.5 Å². The summed E-state index contributed by atoms with van der Waals surface area (Å²) in [5, 5.41) is 4.07. The van der Waals surface area contributed by atoms with Crippen LogP contribution in [0.3, 0.4) is 0 Å². The summed E-state index contributed by atoms with van der Waals surface area (Å²) in [5.41, 5.74) is 0.966. The van der Waals surface area contributed by atoms with E-state index in [-0.39, 0.29) is 0 Å². The molecular weight excluding hydrogens is 340 g/mol. The highest BCUT2D eigenvalue weighted by Crippen LogP contribution is 2.31. The van der Waals surface area contributed by atoms with Crippen molar-refractivity contribution in [2.24, 2.45) is 0 Å². The minimum atomic E-state index is 0.514. The van der Waals surface area contributed by atoms with Gasteiger partial charge in [-0.1, -0.05) is 25.4 Å². The summed E-state index contributed by atoms with van der Waals surface area (Å²) in [6.07, 6.45) is 3.62. The van der Waals surface area contributed by atoms with Gasteiger partial charge in [0.05, 0.1) is 6.20 Å². The van der Waals surface area contributed by atoms with E-state index in [4.69, 9.17) is 16.0 Å². The average Bonchev–Trinajstić information content (AvgIpc) is 2.83. The maximum Gasteiger partial charge on any atom is 0.194 e. The number of benzene rings is 1. The van der Waals surface area contributed by atoms with Gasteiger partial charge < -0.3 is 9.73 Å². The minimum absolute atomic E-state index is 0.514. The van der Waals surface area contributed by atoms with Crippen molar-refractivity contribution in [2.75, 3.05) is 6.54 Å². The smallest absolute Gasteiger partial charge is 0.194 e. The molecule has 0 spiro atoms. The first kappa shape index (κ1) is 15.5.